The second-order valence-electron chi connectivity index (χ2n) is 4.03. The molecule has 1 aliphatic rings. The van der Waals surface area contributed by atoms with E-state index in [2.05, 4.69) is 5.32 Å². The van der Waals surface area contributed by atoms with Crippen molar-refractivity contribution in [2.24, 2.45) is 11.8 Å². The van der Waals surface area contributed by atoms with Crippen LogP contribution in [0.5, 0.6) is 0 Å². The molecular formula is C9H15NO3. The Labute approximate surface area is 77.3 Å². The van der Waals surface area contributed by atoms with Gasteiger partial charge in [-0.2, -0.15) is 0 Å². The van der Waals surface area contributed by atoms with Gasteiger partial charge < -0.3 is 10.4 Å². The second kappa shape index (κ2) is 3.01. The predicted octanol–water partition coefficient (Wildman–Crippen LogP) is 0.622. The molecular weight excluding hydrogens is 170 g/mol. The summed E-state index contributed by atoms with van der Waals surface area (Å²) in [5.74, 6) is -1.22. The molecule has 2 unspecified atom stereocenters. The minimum Gasteiger partial charge on any atom is -0.479 e. The molecule has 13 heavy (non-hydrogen) atoms. The van der Waals surface area contributed by atoms with E-state index < -0.39 is 11.5 Å². The van der Waals surface area contributed by atoms with Crippen molar-refractivity contribution in [2.75, 3.05) is 0 Å². The molecule has 0 aromatic heterocycles. The molecule has 4 heteroatoms. The standard InChI is InChI=1S/C9H15NO3/c1-5(2)7(11)10-9(8(12)13)4-6(9)3/h5-6H,4H2,1-3H3,(H,10,11)(H,12,13). The van der Waals surface area contributed by atoms with Gasteiger partial charge in [0.25, 0.3) is 0 Å². The van der Waals surface area contributed by atoms with Crippen LogP contribution in [0, 0.1) is 11.8 Å². The van der Waals surface area contributed by atoms with Crippen molar-refractivity contribution >= 4 is 11.9 Å². The van der Waals surface area contributed by atoms with Gasteiger partial charge in [-0.3, -0.25) is 4.79 Å². The molecule has 0 radical (unpaired) electrons. The number of aliphatic carboxylic acids is 1. The van der Waals surface area contributed by atoms with E-state index in [4.69, 9.17) is 5.11 Å². The van der Waals surface area contributed by atoms with Gasteiger partial charge >= 0.3 is 5.97 Å². The van der Waals surface area contributed by atoms with E-state index in [1.165, 1.54) is 0 Å². The van der Waals surface area contributed by atoms with Crippen molar-refractivity contribution in [3.63, 3.8) is 0 Å². The van der Waals surface area contributed by atoms with Crippen LogP contribution in [0.15, 0.2) is 0 Å². The lowest BCUT2D eigenvalue weighted by atomic mass is 10.1. The Hall–Kier alpha value is -1.06. The van der Waals surface area contributed by atoms with E-state index in [0.29, 0.717) is 6.42 Å². The fraction of sp³-hybridized carbons (Fsp3) is 0.778. The Morgan fingerprint density at radius 2 is 2.00 bits per heavy atom. The highest BCUT2D eigenvalue weighted by Gasteiger charge is 2.59. The highest BCUT2D eigenvalue weighted by Crippen LogP contribution is 2.43. The molecule has 74 valence electrons. The number of nitrogens with one attached hydrogen (secondary N) is 1. The minimum atomic E-state index is -0.971. The quantitative estimate of drug-likeness (QED) is 0.677. The molecule has 1 aliphatic carbocycles. The second-order valence-corrected chi connectivity index (χ2v) is 4.03. The highest BCUT2D eigenvalue weighted by molar-refractivity contribution is 5.90. The van der Waals surface area contributed by atoms with E-state index in [0.717, 1.165) is 0 Å². The number of carbonyl (C=O) groups excluding carboxylic acids is 1. The molecule has 0 spiro atoms. The molecule has 0 bridgehead atoms. The zero-order valence-corrected chi connectivity index (χ0v) is 8.13. The van der Waals surface area contributed by atoms with E-state index in [9.17, 15) is 9.59 Å². The third kappa shape index (κ3) is 1.66. The number of carbonyl (C=O) groups is 2. The van der Waals surface area contributed by atoms with Crippen molar-refractivity contribution in [1.82, 2.24) is 5.32 Å². The van der Waals surface area contributed by atoms with Gasteiger partial charge in [-0.25, -0.2) is 4.79 Å². The summed E-state index contributed by atoms with van der Waals surface area (Å²) >= 11 is 0. The van der Waals surface area contributed by atoms with Crippen molar-refractivity contribution < 1.29 is 14.7 Å². The molecule has 0 saturated heterocycles. The Morgan fingerprint density at radius 1 is 1.54 bits per heavy atom. The van der Waals surface area contributed by atoms with Gasteiger partial charge in [-0.1, -0.05) is 20.8 Å². The number of hydrogen-bond acceptors (Lipinski definition) is 2. The van der Waals surface area contributed by atoms with Gasteiger partial charge in [0.1, 0.15) is 5.54 Å². The zero-order valence-electron chi connectivity index (χ0n) is 8.13. The van der Waals surface area contributed by atoms with Crippen LogP contribution in [0.3, 0.4) is 0 Å². The van der Waals surface area contributed by atoms with E-state index in [1.807, 2.05) is 6.92 Å². The third-order valence-electron chi connectivity index (χ3n) is 2.56. The van der Waals surface area contributed by atoms with Crippen LogP contribution in [-0.2, 0) is 9.59 Å². The Morgan fingerprint density at radius 3 is 2.23 bits per heavy atom. The number of rotatable bonds is 3. The summed E-state index contributed by atoms with van der Waals surface area (Å²) in [5, 5.41) is 11.5. The smallest absolute Gasteiger partial charge is 0.329 e. The van der Waals surface area contributed by atoms with Crippen LogP contribution < -0.4 is 5.32 Å². The van der Waals surface area contributed by atoms with Crippen molar-refractivity contribution in [3.8, 4) is 0 Å². The number of amides is 1. The molecule has 1 saturated carbocycles. The molecule has 0 aliphatic heterocycles. The van der Waals surface area contributed by atoms with Gasteiger partial charge in [-0.15, -0.1) is 0 Å². The maximum Gasteiger partial charge on any atom is 0.329 e. The van der Waals surface area contributed by atoms with Gasteiger partial charge in [0.2, 0.25) is 5.91 Å². The monoisotopic (exact) mass is 185 g/mol. The van der Waals surface area contributed by atoms with Crippen molar-refractivity contribution in [3.05, 3.63) is 0 Å². The molecule has 0 aromatic carbocycles. The average Bonchev–Trinajstić information content (AvgIpc) is 2.62. The summed E-state index contributed by atoms with van der Waals surface area (Å²) in [7, 11) is 0. The topological polar surface area (TPSA) is 66.4 Å². The lowest BCUT2D eigenvalue weighted by Crippen LogP contribution is -2.46. The first-order chi connectivity index (χ1) is 5.90. The third-order valence-corrected chi connectivity index (χ3v) is 2.56. The molecule has 1 rings (SSSR count). The number of carboxylic acids is 1. The van der Waals surface area contributed by atoms with Crippen LogP contribution in [0.25, 0.3) is 0 Å². The first-order valence-electron chi connectivity index (χ1n) is 4.45. The summed E-state index contributed by atoms with van der Waals surface area (Å²) in [4.78, 5) is 22.1. The lowest BCUT2D eigenvalue weighted by molar-refractivity contribution is -0.144. The fourth-order valence-corrected chi connectivity index (χ4v) is 1.31. The van der Waals surface area contributed by atoms with E-state index in [-0.39, 0.29) is 17.7 Å². The zero-order chi connectivity index (χ0) is 10.2. The molecule has 1 amide bonds. The van der Waals surface area contributed by atoms with Gasteiger partial charge in [0.05, 0.1) is 0 Å². The summed E-state index contributed by atoms with van der Waals surface area (Å²) in [5.41, 5.74) is -0.971. The van der Waals surface area contributed by atoms with Gasteiger partial charge in [0, 0.05) is 5.92 Å². The largest absolute Gasteiger partial charge is 0.479 e. The van der Waals surface area contributed by atoms with Crippen LogP contribution in [0.1, 0.15) is 27.2 Å². The summed E-state index contributed by atoms with van der Waals surface area (Å²) < 4.78 is 0. The van der Waals surface area contributed by atoms with Crippen molar-refractivity contribution in [1.29, 1.82) is 0 Å². The van der Waals surface area contributed by atoms with Crippen LogP contribution in [0.2, 0.25) is 0 Å². The minimum absolute atomic E-state index is 0.0488. The summed E-state index contributed by atoms with van der Waals surface area (Å²) in [6.07, 6.45) is 0.542. The van der Waals surface area contributed by atoms with E-state index >= 15 is 0 Å². The molecule has 1 fully saturated rings. The Kier molecular flexibility index (Phi) is 2.32. The van der Waals surface area contributed by atoms with Crippen molar-refractivity contribution in [2.45, 2.75) is 32.7 Å². The van der Waals surface area contributed by atoms with E-state index in [1.54, 1.807) is 13.8 Å². The van der Waals surface area contributed by atoms with Gasteiger partial charge in [-0.05, 0) is 12.3 Å². The number of carboxylic acid groups (broad SMARTS) is 1. The Balaban J connectivity index is 2.62. The Bertz CT molecular complexity index is 249. The molecule has 2 N–H and O–H groups in total. The fourth-order valence-electron chi connectivity index (χ4n) is 1.31. The first kappa shape index (κ1) is 10.0. The summed E-state index contributed by atoms with van der Waals surface area (Å²) in [6, 6.07) is 0. The molecule has 2 atom stereocenters. The predicted molar refractivity (Wildman–Crippen MR) is 47.1 cm³/mol. The van der Waals surface area contributed by atoms with Crippen LogP contribution in [-0.4, -0.2) is 22.5 Å². The number of hydrogen-bond donors (Lipinski definition) is 2. The van der Waals surface area contributed by atoms with Gasteiger partial charge in [0.15, 0.2) is 0 Å². The van der Waals surface area contributed by atoms with Crippen LogP contribution >= 0.6 is 0 Å². The maximum absolute atomic E-state index is 11.3. The molecule has 0 aromatic rings. The highest BCUT2D eigenvalue weighted by atomic mass is 16.4. The maximum atomic E-state index is 11.3. The lowest BCUT2D eigenvalue weighted by Gasteiger charge is -2.15. The molecule has 0 heterocycles. The molecule has 4 nitrogen and oxygen atoms in total. The average molecular weight is 185 g/mol. The SMILES string of the molecule is CC(C)C(=O)NC1(C(=O)O)CC1C. The first-order valence-corrected chi connectivity index (χ1v) is 4.45. The normalized spacial score (nSPS) is 31.5. The summed E-state index contributed by atoms with van der Waals surface area (Å²) in [6.45, 7) is 5.32. The van der Waals surface area contributed by atoms with Crippen LogP contribution in [0.4, 0.5) is 0 Å².